The quantitative estimate of drug-likeness (QED) is 0.616. The summed E-state index contributed by atoms with van der Waals surface area (Å²) in [4.78, 5) is 21.9. The van der Waals surface area contributed by atoms with E-state index in [0.717, 1.165) is 0 Å². The van der Waals surface area contributed by atoms with Gasteiger partial charge in [0, 0.05) is 18.7 Å². The van der Waals surface area contributed by atoms with Crippen LogP contribution in [-0.2, 0) is 4.79 Å². The topological polar surface area (TPSA) is 146 Å². The maximum Gasteiger partial charge on any atom is 0.332 e. The van der Waals surface area contributed by atoms with Crippen molar-refractivity contribution in [2.24, 2.45) is 0 Å². The van der Waals surface area contributed by atoms with E-state index in [1.54, 1.807) is 0 Å². The molecule has 8 heteroatoms. The van der Waals surface area contributed by atoms with Crippen LogP contribution < -0.4 is 10.6 Å². The zero-order valence-corrected chi connectivity index (χ0v) is 10.8. The number of aliphatic hydroxyl groups is 1. The molecule has 0 aliphatic rings. The van der Waals surface area contributed by atoms with Crippen LogP contribution in [0.1, 0.15) is 17.5 Å². The number of benzene rings is 1. The molecule has 1 aromatic rings. The summed E-state index contributed by atoms with van der Waals surface area (Å²) < 4.78 is 0. The zero-order chi connectivity index (χ0) is 15.8. The van der Waals surface area contributed by atoms with Crippen LogP contribution in [0, 0.1) is 22.7 Å². The second-order valence-corrected chi connectivity index (χ2v) is 4.01. The van der Waals surface area contributed by atoms with Gasteiger partial charge in [-0.1, -0.05) is 0 Å². The Kier molecular flexibility index (Phi) is 5.68. The molecule has 0 fully saturated rings. The maximum atomic E-state index is 11.5. The van der Waals surface area contributed by atoms with Crippen LogP contribution in [0.2, 0.25) is 0 Å². The maximum absolute atomic E-state index is 11.5. The number of urea groups is 1. The number of rotatable bonds is 5. The van der Waals surface area contributed by atoms with Gasteiger partial charge in [-0.2, -0.15) is 10.5 Å². The number of carbonyl (C=O) groups is 2. The number of nitrogens with one attached hydrogen (secondary N) is 2. The number of amides is 2. The second kappa shape index (κ2) is 7.48. The van der Waals surface area contributed by atoms with Crippen molar-refractivity contribution in [3.8, 4) is 12.1 Å². The van der Waals surface area contributed by atoms with E-state index in [1.807, 2.05) is 12.1 Å². The van der Waals surface area contributed by atoms with Gasteiger partial charge < -0.3 is 20.8 Å². The molecule has 0 aliphatic carbocycles. The van der Waals surface area contributed by atoms with Crippen molar-refractivity contribution in [2.75, 3.05) is 11.9 Å². The minimum Gasteiger partial charge on any atom is -0.479 e. The highest BCUT2D eigenvalue weighted by atomic mass is 16.4. The summed E-state index contributed by atoms with van der Waals surface area (Å²) in [6.07, 6.45) is -1.66. The number of aliphatic hydroxyl groups excluding tert-OH is 1. The van der Waals surface area contributed by atoms with Gasteiger partial charge in [0.05, 0.1) is 11.1 Å². The molecule has 0 bridgehead atoms. The number of hydrogen-bond donors (Lipinski definition) is 4. The molecule has 8 nitrogen and oxygen atoms in total. The number of nitriles is 2. The summed E-state index contributed by atoms with van der Waals surface area (Å²) in [6.45, 7) is -0.0271. The fourth-order valence-electron chi connectivity index (χ4n) is 1.43. The van der Waals surface area contributed by atoms with Crippen LogP contribution in [0.15, 0.2) is 18.2 Å². The van der Waals surface area contributed by atoms with Crippen LogP contribution in [0.5, 0.6) is 0 Å². The van der Waals surface area contributed by atoms with Crippen LogP contribution in [0.4, 0.5) is 10.5 Å². The van der Waals surface area contributed by atoms with E-state index >= 15 is 0 Å². The number of anilines is 1. The number of aliphatic carboxylic acids is 1. The van der Waals surface area contributed by atoms with Crippen molar-refractivity contribution < 1.29 is 19.8 Å². The first-order valence-corrected chi connectivity index (χ1v) is 5.88. The van der Waals surface area contributed by atoms with Crippen LogP contribution in [0.25, 0.3) is 0 Å². The van der Waals surface area contributed by atoms with Gasteiger partial charge in [-0.25, -0.2) is 9.59 Å². The van der Waals surface area contributed by atoms with Crippen molar-refractivity contribution in [1.29, 1.82) is 10.5 Å². The molecule has 1 atom stereocenters. The van der Waals surface area contributed by atoms with E-state index < -0.39 is 18.1 Å². The Morgan fingerprint density at radius 1 is 1.24 bits per heavy atom. The molecule has 0 aliphatic heterocycles. The minimum atomic E-state index is -1.54. The van der Waals surface area contributed by atoms with Gasteiger partial charge in [0.2, 0.25) is 0 Å². The fourth-order valence-corrected chi connectivity index (χ4v) is 1.43. The third-order valence-corrected chi connectivity index (χ3v) is 2.51. The smallest absolute Gasteiger partial charge is 0.332 e. The average molecular weight is 288 g/mol. The van der Waals surface area contributed by atoms with Crippen LogP contribution in [0.3, 0.4) is 0 Å². The molecule has 1 aromatic carbocycles. The Labute approximate surface area is 120 Å². The van der Waals surface area contributed by atoms with E-state index in [0.29, 0.717) is 5.69 Å². The summed E-state index contributed by atoms with van der Waals surface area (Å²) >= 11 is 0. The van der Waals surface area contributed by atoms with E-state index in [4.69, 9.17) is 20.7 Å². The first kappa shape index (κ1) is 16.0. The molecule has 0 radical (unpaired) electrons. The minimum absolute atomic E-state index is 0.0271. The van der Waals surface area contributed by atoms with Gasteiger partial charge in [-0.15, -0.1) is 0 Å². The lowest BCUT2D eigenvalue weighted by molar-refractivity contribution is -0.146. The Balaban J connectivity index is 2.54. The number of carbonyl (C=O) groups excluding carboxylic acids is 1. The monoisotopic (exact) mass is 288 g/mol. The highest BCUT2D eigenvalue weighted by molar-refractivity contribution is 5.89. The number of carboxylic acid groups (broad SMARTS) is 1. The standard InChI is InChI=1S/C13H12N4O4/c14-6-8-1-2-10(5-9(8)7-15)17-13(21)16-4-3-11(18)12(19)20/h1-2,5,11,18H,3-4H2,(H,19,20)(H2,16,17,21)/t11-/m0/s1. The average Bonchev–Trinajstić information content (AvgIpc) is 2.46. The van der Waals surface area contributed by atoms with E-state index in [9.17, 15) is 9.59 Å². The molecular weight excluding hydrogens is 276 g/mol. The molecule has 0 saturated carbocycles. The molecule has 108 valence electrons. The molecule has 2 amide bonds. The lowest BCUT2D eigenvalue weighted by Crippen LogP contribution is -2.33. The number of hydrogen-bond acceptors (Lipinski definition) is 5. The molecule has 0 aromatic heterocycles. The van der Waals surface area contributed by atoms with Gasteiger partial charge in [0.15, 0.2) is 6.10 Å². The van der Waals surface area contributed by atoms with Crippen molar-refractivity contribution in [3.05, 3.63) is 29.3 Å². The molecule has 4 N–H and O–H groups in total. The van der Waals surface area contributed by atoms with Crippen molar-refractivity contribution in [3.63, 3.8) is 0 Å². The van der Waals surface area contributed by atoms with Gasteiger partial charge in [-0.3, -0.25) is 0 Å². The first-order chi connectivity index (χ1) is 9.97. The normalized spacial score (nSPS) is 10.8. The van der Waals surface area contributed by atoms with Crippen molar-refractivity contribution >= 4 is 17.7 Å². The SMILES string of the molecule is N#Cc1ccc(NC(=O)NCC[C@H](O)C(=O)O)cc1C#N. The van der Waals surface area contributed by atoms with E-state index in [1.165, 1.54) is 18.2 Å². The number of nitrogens with zero attached hydrogens (tertiary/aromatic N) is 2. The highest BCUT2D eigenvalue weighted by Crippen LogP contribution is 2.14. The van der Waals surface area contributed by atoms with Crippen LogP contribution in [-0.4, -0.2) is 34.9 Å². The Hall–Kier alpha value is -3.10. The van der Waals surface area contributed by atoms with Gasteiger partial charge in [0.25, 0.3) is 0 Å². The molecule has 0 spiro atoms. The summed E-state index contributed by atoms with van der Waals surface area (Å²) in [5.74, 6) is -1.36. The third-order valence-electron chi connectivity index (χ3n) is 2.51. The summed E-state index contributed by atoms with van der Waals surface area (Å²) in [7, 11) is 0. The van der Waals surface area contributed by atoms with E-state index in [2.05, 4.69) is 10.6 Å². The Morgan fingerprint density at radius 2 is 1.90 bits per heavy atom. The van der Waals surface area contributed by atoms with Crippen LogP contribution >= 0.6 is 0 Å². The molecule has 1 rings (SSSR count). The lowest BCUT2D eigenvalue weighted by Gasteiger charge is -2.09. The number of carboxylic acids is 1. The zero-order valence-electron chi connectivity index (χ0n) is 10.8. The summed E-state index contributed by atoms with van der Waals surface area (Å²) in [5, 5.41) is 39.9. The molecule has 0 saturated heterocycles. The fraction of sp³-hybridized carbons (Fsp3) is 0.231. The second-order valence-electron chi connectivity index (χ2n) is 4.01. The summed E-state index contributed by atoms with van der Waals surface area (Å²) in [5.41, 5.74) is 0.659. The highest BCUT2D eigenvalue weighted by Gasteiger charge is 2.13. The molecular formula is C13H12N4O4. The Bertz CT molecular complexity index is 630. The van der Waals surface area contributed by atoms with Gasteiger partial charge >= 0.3 is 12.0 Å². The van der Waals surface area contributed by atoms with Gasteiger partial charge in [-0.05, 0) is 18.2 Å². The predicted molar refractivity (Wildman–Crippen MR) is 71.2 cm³/mol. The van der Waals surface area contributed by atoms with Crippen molar-refractivity contribution in [2.45, 2.75) is 12.5 Å². The molecule has 0 unspecified atom stereocenters. The first-order valence-electron chi connectivity index (χ1n) is 5.88. The molecule has 0 heterocycles. The summed E-state index contributed by atoms with van der Waals surface area (Å²) in [6, 6.07) is 7.30. The van der Waals surface area contributed by atoms with Gasteiger partial charge in [0.1, 0.15) is 12.1 Å². The van der Waals surface area contributed by atoms with E-state index in [-0.39, 0.29) is 24.1 Å². The predicted octanol–water partition coefficient (Wildman–Crippen LogP) is 0.387. The Morgan fingerprint density at radius 3 is 2.48 bits per heavy atom. The largest absolute Gasteiger partial charge is 0.479 e. The molecule has 21 heavy (non-hydrogen) atoms. The third kappa shape index (κ3) is 4.82. The lowest BCUT2D eigenvalue weighted by atomic mass is 10.1. The van der Waals surface area contributed by atoms with Crippen molar-refractivity contribution in [1.82, 2.24) is 5.32 Å².